The lowest BCUT2D eigenvalue weighted by atomic mass is 9.99. The van der Waals surface area contributed by atoms with Gasteiger partial charge in [0, 0.05) is 48.0 Å². The van der Waals surface area contributed by atoms with E-state index in [0.29, 0.717) is 129 Å². The van der Waals surface area contributed by atoms with Crippen molar-refractivity contribution in [3.05, 3.63) is 79.4 Å². The van der Waals surface area contributed by atoms with E-state index in [0.717, 1.165) is 22.3 Å². The van der Waals surface area contributed by atoms with Gasteiger partial charge in [0.25, 0.3) is 0 Å². The third-order valence-electron chi connectivity index (χ3n) is 7.18. The Balaban J connectivity index is 1.18. The van der Waals surface area contributed by atoms with Gasteiger partial charge in [-0.1, -0.05) is 6.07 Å². The van der Waals surface area contributed by atoms with Crippen LogP contribution in [-0.2, 0) is 28.4 Å². The van der Waals surface area contributed by atoms with Crippen LogP contribution in [0, 0.1) is 0 Å². The van der Waals surface area contributed by atoms with Gasteiger partial charge in [-0.2, -0.15) is 4.98 Å². The first-order valence-corrected chi connectivity index (χ1v) is 16.8. The highest BCUT2D eigenvalue weighted by atomic mass is 16.6. The summed E-state index contributed by atoms with van der Waals surface area (Å²) in [5.74, 6) is 2.33. The van der Waals surface area contributed by atoms with E-state index in [4.69, 9.17) is 47.4 Å². The topological polar surface area (TPSA) is 131 Å². The van der Waals surface area contributed by atoms with Gasteiger partial charge in [0.2, 0.25) is 11.8 Å². The smallest absolute Gasteiger partial charge is 0.216 e. The molecule has 13 nitrogen and oxygen atoms in total. The Kier molecular flexibility index (Phi) is 16.5. The first-order chi connectivity index (χ1) is 24.9. The van der Waals surface area contributed by atoms with Crippen molar-refractivity contribution >= 4 is 0 Å². The van der Waals surface area contributed by atoms with Crippen molar-refractivity contribution in [2.45, 2.75) is 0 Å². The fourth-order valence-electron chi connectivity index (χ4n) is 4.78. The Morgan fingerprint density at radius 2 is 0.680 bits per heavy atom. The molecule has 5 heterocycles. The van der Waals surface area contributed by atoms with Gasteiger partial charge in [-0.05, 0) is 47.5 Å². The molecular formula is C37H45N3O10. The molecule has 0 saturated carbocycles. The molecular weight excluding hydrogens is 646 g/mol. The molecule has 268 valence electrons. The Morgan fingerprint density at radius 3 is 1.04 bits per heavy atom. The number of hydrogen-bond donors (Lipinski definition) is 0. The van der Waals surface area contributed by atoms with Crippen molar-refractivity contribution in [3.8, 4) is 45.5 Å². The van der Waals surface area contributed by atoms with Crippen molar-refractivity contribution in [1.29, 1.82) is 0 Å². The lowest BCUT2D eigenvalue weighted by Crippen LogP contribution is -2.14. The molecule has 6 rings (SSSR count). The molecule has 0 atom stereocenters. The Labute approximate surface area is 292 Å². The monoisotopic (exact) mass is 691 g/mol. The molecule has 0 N–H and O–H groups in total. The standard InChI is InChI=1S/C37H45N3O10/c1-2-36-40-37(3-1)50-27-23-46-19-15-42-13-17-44-21-25-48-35-29-32(30-4-8-38-9-5-30)34(28-33(35)31-6-10-39-11-7-31)47-24-20-43-16-12-41-14-18-45-22-26-49-36/h1-11,28-29H,12-27H2. The van der Waals surface area contributed by atoms with E-state index in [9.17, 15) is 0 Å². The molecule has 2 aliphatic rings. The Bertz CT molecular complexity index is 1390. The average molecular weight is 692 g/mol. The van der Waals surface area contributed by atoms with Crippen molar-refractivity contribution in [2.75, 3.05) is 106 Å². The second kappa shape index (κ2) is 22.4. The van der Waals surface area contributed by atoms with Crippen molar-refractivity contribution in [3.63, 3.8) is 0 Å². The molecule has 1 aromatic carbocycles. The first kappa shape index (κ1) is 36.9. The molecule has 0 amide bonds. The van der Waals surface area contributed by atoms with Gasteiger partial charge in [-0.15, -0.1) is 0 Å². The molecule has 3 aromatic heterocycles. The molecule has 0 fully saturated rings. The Hall–Kier alpha value is -4.37. The summed E-state index contributed by atoms with van der Waals surface area (Å²) in [6, 6.07) is 17.1. The van der Waals surface area contributed by atoms with E-state index in [1.54, 1.807) is 36.9 Å². The fraction of sp³-hybridized carbons (Fsp3) is 0.432. The molecule has 0 saturated heterocycles. The van der Waals surface area contributed by atoms with Crippen molar-refractivity contribution in [1.82, 2.24) is 15.0 Å². The maximum absolute atomic E-state index is 6.29. The van der Waals surface area contributed by atoms with E-state index >= 15 is 0 Å². The molecule has 0 unspecified atom stereocenters. The number of pyridine rings is 3. The van der Waals surface area contributed by atoms with E-state index < -0.39 is 0 Å². The molecule has 0 aliphatic carbocycles. The fourth-order valence-corrected chi connectivity index (χ4v) is 4.78. The molecule has 4 bridgehead atoms. The minimum Gasteiger partial charge on any atom is -0.491 e. The van der Waals surface area contributed by atoms with Gasteiger partial charge < -0.3 is 47.4 Å². The second-order valence-corrected chi connectivity index (χ2v) is 10.7. The number of nitrogens with zero attached hydrogens (tertiary/aromatic N) is 3. The van der Waals surface area contributed by atoms with Gasteiger partial charge in [-0.25, -0.2) is 0 Å². The van der Waals surface area contributed by atoms with Crippen LogP contribution in [0.2, 0.25) is 0 Å². The molecule has 50 heavy (non-hydrogen) atoms. The average Bonchev–Trinajstić information content (AvgIpc) is 3.16. The summed E-state index contributed by atoms with van der Waals surface area (Å²) < 4.78 is 57.9. The molecule has 4 aromatic rings. The number of fused-ring (bicyclic) bond motifs is 26. The summed E-state index contributed by atoms with van der Waals surface area (Å²) in [5.41, 5.74) is 3.66. The van der Waals surface area contributed by atoms with E-state index in [-0.39, 0.29) is 0 Å². The summed E-state index contributed by atoms with van der Waals surface area (Å²) in [5, 5.41) is 0. The van der Waals surface area contributed by atoms with Crippen LogP contribution >= 0.6 is 0 Å². The number of rotatable bonds is 2. The number of aromatic nitrogens is 3. The van der Waals surface area contributed by atoms with E-state index in [2.05, 4.69) is 15.0 Å². The summed E-state index contributed by atoms with van der Waals surface area (Å²) in [7, 11) is 0. The highest BCUT2D eigenvalue weighted by molar-refractivity contribution is 5.81. The zero-order chi connectivity index (χ0) is 34.3. The van der Waals surface area contributed by atoms with Crippen LogP contribution in [0.25, 0.3) is 22.3 Å². The molecule has 0 spiro atoms. The SMILES string of the molecule is c1cc2nc(c1)OCCOCCOCCOCCOc1cc(-c3ccncc3)c(cc1-c1ccncc1)OCCOCCOCCOCCO2. The van der Waals surface area contributed by atoms with Crippen LogP contribution < -0.4 is 18.9 Å². The quantitative estimate of drug-likeness (QED) is 0.273. The summed E-state index contributed by atoms with van der Waals surface area (Å²) in [6.07, 6.45) is 7.01. The highest BCUT2D eigenvalue weighted by Crippen LogP contribution is 2.41. The van der Waals surface area contributed by atoms with Gasteiger partial charge in [0.15, 0.2) is 0 Å². The van der Waals surface area contributed by atoms with Gasteiger partial charge in [0.05, 0.1) is 79.3 Å². The predicted octanol–water partition coefficient (Wildman–Crippen LogP) is 4.53. The van der Waals surface area contributed by atoms with Crippen LogP contribution in [0.1, 0.15) is 0 Å². The van der Waals surface area contributed by atoms with Crippen LogP contribution in [-0.4, -0.2) is 121 Å². The summed E-state index contributed by atoms with van der Waals surface area (Å²) in [6.45, 7) is 6.55. The van der Waals surface area contributed by atoms with E-state index in [1.165, 1.54) is 0 Å². The lowest BCUT2D eigenvalue weighted by molar-refractivity contribution is 0.00439. The van der Waals surface area contributed by atoms with Crippen LogP contribution in [0.3, 0.4) is 0 Å². The lowest BCUT2D eigenvalue weighted by Gasteiger charge is -2.18. The first-order valence-electron chi connectivity index (χ1n) is 16.8. The molecule has 0 radical (unpaired) electrons. The maximum atomic E-state index is 6.29. The molecule has 13 heteroatoms. The van der Waals surface area contributed by atoms with Gasteiger partial charge in [-0.3, -0.25) is 9.97 Å². The van der Waals surface area contributed by atoms with Gasteiger partial charge in [0.1, 0.15) is 37.9 Å². The largest absolute Gasteiger partial charge is 0.491 e. The Morgan fingerprint density at radius 1 is 0.360 bits per heavy atom. The summed E-state index contributed by atoms with van der Waals surface area (Å²) in [4.78, 5) is 12.7. The molecule has 2 aliphatic heterocycles. The van der Waals surface area contributed by atoms with Crippen LogP contribution in [0.4, 0.5) is 0 Å². The zero-order valence-corrected chi connectivity index (χ0v) is 28.2. The minimum absolute atomic E-state index is 0.350. The third-order valence-corrected chi connectivity index (χ3v) is 7.18. The van der Waals surface area contributed by atoms with E-state index in [1.807, 2.05) is 42.5 Å². The predicted molar refractivity (Wildman–Crippen MR) is 184 cm³/mol. The number of hydrogen-bond acceptors (Lipinski definition) is 13. The maximum Gasteiger partial charge on any atom is 0.216 e. The summed E-state index contributed by atoms with van der Waals surface area (Å²) >= 11 is 0. The van der Waals surface area contributed by atoms with Crippen molar-refractivity contribution < 1.29 is 47.4 Å². The van der Waals surface area contributed by atoms with Gasteiger partial charge >= 0.3 is 0 Å². The minimum atomic E-state index is 0.350. The highest BCUT2D eigenvalue weighted by Gasteiger charge is 2.16. The van der Waals surface area contributed by atoms with Crippen molar-refractivity contribution in [2.24, 2.45) is 0 Å². The number of ether oxygens (including phenoxy) is 10. The second-order valence-electron chi connectivity index (χ2n) is 10.7. The number of benzene rings is 1. The third kappa shape index (κ3) is 13.2. The zero-order valence-electron chi connectivity index (χ0n) is 28.2. The van der Waals surface area contributed by atoms with Crippen LogP contribution in [0.5, 0.6) is 23.3 Å². The normalized spacial score (nSPS) is 17.3. The van der Waals surface area contributed by atoms with Crippen LogP contribution in [0.15, 0.2) is 79.4 Å².